The molecule has 0 aliphatic carbocycles. The second-order valence-corrected chi connectivity index (χ2v) is 8.76. The van der Waals surface area contributed by atoms with E-state index in [-0.39, 0.29) is 48.3 Å². The molecule has 41 heavy (non-hydrogen) atoms. The quantitative estimate of drug-likeness (QED) is 0.248. The number of carbonyl (C=O) groups is 2. The smallest absolute Gasteiger partial charge is 0.336 e. The molecule has 2 aromatic carbocycles. The highest BCUT2D eigenvalue weighted by Gasteiger charge is 2.22. The zero-order valence-electron chi connectivity index (χ0n) is 21.9. The third-order valence-electron chi connectivity index (χ3n) is 6.29. The molecule has 12 nitrogen and oxygen atoms in total. The van der Waals surface area contributed by atoms with Crippen LogP contribution in [0, 0.1) is 0 Å². The second kappa shape index (κ2) is 11.7. The minimum Gasteiger partial charge on any atom is -0.496 e. The van der Waals surface area contributed by atoms with Crippen LogP contribution in [-0.4, -0.2) is 53.3 Å². The highest BCUT2D eigenvalue weighted by Crippen LogP contribution is 2.39. The maximum atomic E-state index is 12.3. The number of hydrogen-bond acceptors (Lipinski definition) is 10. The first-order chi connectivity index (χ1) is 19.9. The standard InChI is InChI=1S/C29H24N2O10/c1-36-22-10-25-24(39-15-40-25)9-17(22)7-18(28(32)33)8-19-14-41-31-27(19)21-12-30-26(37-2)11-23(21)38-13-16-5-3-4-6-20(16)29(34)35/h3-6,8-12,14H,7,13,15H2,1-2H3,(H,32,33)(H,34,35)/b18-8+. The zero-order chi connectivity index (χ0) is 28.9. The number of carboxylic acids is 2. The Morgan fingerprint density at radius 2 is 1.78 bits per heavy atom. The van der Waals surface area contributed by atoms with Gasteiger partial charge < -0.3 is 38.4 Å². The molecule has 12 heteroatoms. The fourth-order valence-electron chi connectivity index (χ4n) is 4.26. The number of carboxylic acid groups (broad SMARTS) is 2. The van der Waals surface area contributed by atoms with Gasteiger partial charge >= 0.3 is 11.9 Å². The molecule has 2 N–H and O–H groups in total. The van der Waals surface area contributed by atoms with Crippen molar-refractivity contribution in [3.63, 3.8) is 0 Å². The molecule has 2 aromatic heterocycles. The van der Waals surface area contributed by atoms with E-state index in [0.717, 1.165) is 0 Å². The molecule has 1 aliphatic rings. The summed E-state index contributed by atoms with van der Waals surface area (Å²) in [4.78, 5) is 28.2. The van der Waals surface area contributed by atoms with E-state index in [4.69, 9.17) is 28.2 Å². The van der Waals surface area contributed by atoms with Gasteiger partial charge in [0, 0.05) is 47.0 Å². The summed E-state index contributed by atoms with van der Waals surface area (Å²) < 4.78 is 32.7. The summed E-state index contributed by atoms with van der Waals surface area (Å²) in [5.41, 5.74) is 2.14. The minimum atomic E-state index is -1.16. The lowest BCUT2D eigenvalue weighted by atomic mass is 10.00. The molecule has 1 aliphatic heterocycles. The van der Waals surface area contributed by atoms with E-state index in [9.17, 15) is 19.8 Å². The van der Waals surface area contributed by atoms with Crippen molar-refractivity contribution in [1.82, 2.24) is 10.1 Å². The summed E-state index contributed by atoms with van der Waals surface area (Å²) in [5.74, 6) is -0.270. The number of aliphatic carboxylic acids is 1. The van der Waals surface area contributed by atoms with Crippen LogP contribution in [-0.2, 0) is 17.8 Å². The van der Waals surface area contributed by atoms with Gasteiger partial charge in [-0.05, 0) is 18.2 Å². The first kappa shape index (κ1) is 27.1. The average molecular weight is 561 g/mol. The molecular weight excluding hydrogens is 536 g/mol. The van der Waals surface area contributed by atoms with Crippen molar-refractivity contribution < 1.29 is 48.0 Å². The molecule has 0 radical (unpaired) electrons. The van der Waals surface area contributed by atoms with E-state index in [1.54, 1.807) is 30.3 Å². The van der Waals surface area contributed by atoms with Crippen LogP contribution in [0.15, 0.2) is 65.0 Å². The van der Waals surface area contributed by atoms with Crippen LogP contribution in [0.2, 0.25) is 0 Å². The Bertz CT molecular complexity index is 1640. The Balaban J connectivity index is 1.49. The molecule has 0 amide bonds. The monoisotopic (exact) mass is 560 g/mol. The van der Waals surface area contributed by atoms with Gasteiger partial charge in [0.15, 0.2) is 11.5 Å². The van der Waals surface area contributed by atoms with Crippen LogP contribution in [0.3, 0.4) is 0 Å². The Kier molecular flexibility index (Phi) is 7.72. The SMILES string of the molecule is COc1cc(OCc2ccccc2C(=O)O)c(-c2nocc2/C=C(\Cc2cc3c(cc2OC)OCO3)C(=O)O)cn1. The number of rotatable bonds is 11. The Morgan fingerprint density at radius 1 is 1.00 bits per heavy atom. The lowest BCUT2D eigenvalue weighted by Crippen LogP contribution is -2.06. The van der Waals surface area contributed by atoms with E-state index < -0.39 is 11.9 Å². The van der Waals surface area contributed by atoms with Gasteiger partial charge in [0.1, 0.15) is 30.1 Å². The summed E-state index contributed by atoms with van der Waals surface area (Å²) in [6.07, 6.45) is 4.19. The van der Waals surface area contributed by atoms with E-state index in [2.05, 4.69) is 10.1 Å². The van der Waals surface area contributed by atoms with Crippen LogP contribution in [0.1, 0.15) is 27.0 Å². The van der Waals surface area contributed by atoms with Gasteiger partial charge in [0.2, 0.25) is 12.7 Å². The van der Waals surface area contributed by atoms with Crippen molar-refractivity contribution >= 4 is 18.0 Å². The number of nitrogens with zero attached hydrogens (tertiary/aromatic N) is 2. The van der Waals surface area contributed by atoms with Crippen molar-refractivity contribution in [2.24, 2.45) is 0 Å². The van der Waals surface area contributed by atoms with Crippen LogP contribution in [0.4, 0.5) is 0 Å². The van der Waals surface area contributed by atoms with Crippen LogP contribution in [0.25, 0.3) is 17.3 Å². The van der Waals surface area contributed by atoms with Gasteiger partial charge in [0.25, 0.3) is 0 Å². The summed E-state index contributed by atoms with van der Waals surface area (Å²) in [7, 11) is 2.93. The number of benzene rings is 2. The third kappa shape index (κ3) is 5.76. The molecule has 0 atom stereocenters. The van der Waals surface area contributed by atoms with Gasteiger partial charge in [-0.15, -0.1) is 0 Å². The van der Waals surface area contributed by atoms with Gasteiger partial charge in [-0.2, -0.15) is 0 Å². The van der Waals surface area contributed by atoms with Crippen molar-refractivity contribution in [2.75, 3.05) is 21.0 Å². The summed E-state index contributed by atoms with van der Waals surface area (Å²) in [5, 5.41) is 23.6. The van der Waals surface area contributed by atoms with Crippen LogP contribution >= 0.6 is 0 Å². The van der Waals surface area contributed by atoms with Crippen LogP contribution < -0.4 is 23.7 Å². The fourth-order valence-corrected chi connectivity index (χ4v) is 4.26. The number of aromatic carboxylic acids is 1. The highest BCUT2D eigenvalue weighted by atomic mass is 16.7. The van der Waals surface area contributed by atoms with Gasteiger partial charge in [-0.1, -0.05) is 23.4 Å². The second-order valence-electron chi connectivity index (χ2n) is 8.76. The van der Waals surface area contributed by atoms with E-state index in [1.807, 2.05) is 0 Å². The first-order valence-electron chi connectivity index (χ1n) is 12.2. The first-order valence-corrected chi connectivity index (χ1v) is 12.2. The molecule has 210 valence electrons. The number of pyridine rings is 1. The van der Waals surface area contributed by atoms with Crippen molar-refractivity contribution in [1.29, 1.82) is 0 Å². The molecule has 5 rings (SSSR count). The third-order valence-corrected chi connectivity index (χ3v) is 6.29. The normalized spacial score (nSPS) is 12.2. The molecule has 0 unspecified atom stereocenters. The topological polar surface area (TPSA) is 160 Å². The van der Waals surface area contributed by atoms with Crippen LogP contribution in [0.5, 0.6) is 28.9 Å². The van der Waals surface area contributed by atoms with Crippen molar-refractivity contribution in [3.05, 3.63) is 82.8 Å². The molecule has 0 fully saturated rings. The Labute approximate surface area is 233 Å². The van der Waals surface area contributed by atoms with Gasteiger partial charge in [-0.25, -0.2) is 14.6 Å². The molecular formula is C29H24N2O10. The summed E-state index contributed by atoms with van der Waals surface area (Å²) in [6, 6.07) is 11.3. The summed E-state index contributed by atoms with van der Waals surface area (Å²) >= 11 is 0. The van der Waals surface area contributed by atoms with E-state index >= 15 is 0 Å². The fraction of sp³-hybridized carbons (Fsp3) is 0.172. The zero-order valence-corrected chi connectivity index (χ0v) is 21.9. The largest absolute Gasteiger partial charge is 0.496 e. The van der Waals surface area contributed by atoms with Gasteiger partial charge in [-0.3, -0.25) is 0 Å². The minimum absolute atomic E-state index is 0.00401. The number of aromatic nitrogens is 2. The Hall–Kier alpha value is -5.52. The molecule has 0 bridgehead atoms. The molecule has 0 saturated carbocycles. The highest BCUT2D eigenvalue weighted by molar-refractivity contribution is 5.94. The lowest BCUT2D eigenvalue weighted by Gasteiger charge is -2.13. The van der Waals surface area contributed by atoms with Gasteiger partial charge in [0.05, 0.1) is 25.3 Å². The maximum absolute atomic E-state index is 12.3. The number of fused-ring (bicyclic) bond motifs is 1. The lowest BCUT2D eigenvalue weighted by molar-refractivity contribution is -0.132. The molecule has 4 aromatic rings. The molecule has 3 heterocycles. The van der Waals surface area contributed by atoms with E-state index in [0.29, 0.717) is 39.5 Å². The maximum Gasteiger partial charge on any atom is 0.336 e. The van der Waals surface area contributed by atoms with Crippen molar-refractivity contribution in [3.8, 4) is 40.1 Å². The van der Waals surface area contributed by atoms with Crippen molar-refractivity contribution in [2.45, 2.75) is 13.0 Å². The number of hydrogen-bond donors (Lipinski definition) is 2. The van der Waals surface area contributed by atoms with E-state index in [1.165, 1.54) is 44.9 Å². The molecule has 0 spiro atoms. The predicted octanol–water partition coefficient (Wildman–Crippen LogP) is 4.47. The Morgan fingerprint density at radius 3 is 2.51 bits per heavy atom. The number of ether oxygens (including phenoxy) is 5. The molecule has 0 saturated heterocycles. The number of methoxy groups -OCH3 is 2. The summed E-state index contributed by atoms with van der Waals surface area (Å²) in [6.45, 7) is -0.00817. The average Bonchev–Trinajstić information content (AvgIpc) is 3.64. The predicted molar refractivity (Wildman–Crippen MR) is 142 cm³/mol.